The van der Waals surface area contributed by atoms with E-state index in [2.05, 4.69) is 32.9 Å². The number of ether oxygens (including phenoxy) is 1. The van der Waals surface area contributed by atoms with E-state index in [1.165, 1.54) is 0 Å². The molecule has 2 N–H and O–H groups in total. The first-order valence-electron chi connectivity index (χ1n) is 11.1. The monoisotopic (exact) mass is 400 g/mol. The first-order chi connectivity index (χ1) is 13.5. The van der Waals surface area contributed by atoms with Crippen LogP contribution in [0.3, 0.4) is 0 Å². The Labute approximate surface area is 174 Å². The van der Waals surface area contributed by atoms with E-state index in [4.69, 9.17) is 4.74 Å². The Hall–Kier alpha value is -1.39. The van der Waals surface area contributed by atoms with Crippen LogP contribution in [0.2, 0.25) is 0 Å². The number of fused-ring (bicyclic) bond motifs is 3. The number of carbonyl (C=O) groups is 1. The van der Waals surface area contributed by atoms with Crippen molar-refractivity contribution in [2.45, 2.75) is 73.2 Å². The molecule has 0 aromatic rings. The second kappa shape index (κ2) is 6.55. The summed E-state index contributed by atoms with van der Waals surface area (Å²) >= 11 is 0. The molecular formula is C25H36O4. The minimum atomic E-state index is -0.743. The van der Waals surface area contributed by atoms with Crippen molar-refractivity contribution in [2.75, 3.05) is 0 Å². The van der Waals surface area contributed by atoms with Crippen molar-refractivity contribution in [1.82, 2.24) is 0 Å². The Morgan fingerprint density at radius 3 is 2.48 bits per heavy atom. The minimum Gasteiger partial charge on any atom is -0.454 e. The Morgan fingerprint density at radius 2 is 1.86 bits per heavy atom. The third kappa shape index (κ3) is 2.68. The van der Waals surface area contributed by atoms with Gasteiger partial charge >= 0.3 is 5.97 Å². The van der Waals surface area contributed by atoms with Gasteiger partial charge in [-0.3, -0.25) is 0 Å². The SMILES string of the molecule is C/C=C(/C)C(=O)O[C@H]1C(C)=C[C@]23C(O)[C@@H](C=C(C)C(O)C12)[C@H]1[C@@H](C[C@H]3C)C1(C)C. The summed E-state index contributed by atoms with van der Waals surface area (Å²) in [7, 11) is 0. The third-order valence-electron chi connectivity index (χ3n) is 8.97. The molecule has 2 saturated carbocycles. The molecule has 4 nitrogen and oxygen atoms in total. The minimum absolute atomic E-state index is 0.0235. The number of carbonyl (C=O) groups excluding carboxylic acids is 1. The largest absolute Gasteiger partial charge is 0.454 e. The van der Waals surface area contributed by atoms with Crippen LogP contribution in [0, 0.1) is 40.4 Å². The lowest BCUT2D eigenvalue weighted by Gasteiger charge is -2.46. The summed E-state index contributed by atoms with van der Waals surface area (Å²) in [5.74, 6) is 0.519. The zero-order valence-corrected chi connectivity index (χ0v) is 18.8. The zero-order chi connectivity index (χ0) is 21.5. The molecule has 2 bridgehead atoms. The summed E-state index contributed by atoms with van der Waals surface area (Å²) in [5, 5.41) is 23.2. The lowest BCUT2D eigenvalue weighted by atomic mass is 9.61. The molecule has 160 valence electrons. The molecule has 4 aliphatic rings. The van der Waals surface area contributed by atoms with Crippen molar-refractivity contribution in [2.24, 2.45) is 40.4 Å². The standard InChI is InChI=1S/C25H36O4/c1-8-12(2)23(28)29-21-14(4)11-25-15(5)10-17-18(24(17,6)7)16(22(25)27)9-13(3)20(26)19(21)25/h8-9,11,15-22,26-27H,10H2,1-7H3/b12-8-/t15-,16+,17-,18+,19?,20?,21+,22?,25-/m1/s1. The molecular weight excluding hydrogens is 364 g/mol. The summed E-state index contributed by atoms with van der Waals surface area (Å²) in [6.07, 6.45) is 5.19. The number of hydrogen-bond acceptors (Lipinski definition) is 4. The van der Waals surface area contributed by atoms with Gasteiger partial charge in [0.25, 0.3) is 0 Å². The van der Waals surface area contributed by atoms with Gasteiger partial charge in [0, 0.05) is 22.8 Å². The van der Waals surface area contributed by atoms with Crippen LogP contribution >= 0.6 is 0 Å². The number of hydrogen-bond donors (Lipinski definition) is 2. The van der Waals surface area contributed by atoms with Gasteiger partial charge in [-0.25, -0.2) is 4.79 Å². The Bertz CT molecular complexity index is 819. The molecule has 3 unspecified atom stereocenters. The second-order valence-electron chi connectivity index (χ2n) is 10.7. The van der Waals surface area contributed by atoms with Crippen molar-refractivity contribution in [3.8, 4) is 0 Å². The van der Waals surface area contributed by atoms with Crippen LogP contribution in [0.5, 0.6) is 0 Å². The van der Waals surface area contributed by atoms with E-state index in [1.807, 2.05) is 20.8 Å². The van der Waals surface area contributed by atoms with Gasteiger partial charge < -0.3 is 14.9 Å². The first-order valence-corrected chi connectivity index (χ1v) is 11.1. The van der Waals surface area contributed by atoms with E-state index in [0.29, 0.717) is 17.4 Å². The van der Waals surface area contributed by atoms with E-state index in [-0.39, 0.29) is 29.1 Å². The fourth-order valence-electron chi connectivity index (χ4n) is 7.09. The molecule has 9 atom stereocenters. The average Bonchev–Trinajstić information content (AvgIpc) is 3.10. The van der Waals surface area contributed by atoms with Crippen LogP contribution < -0.4 is 0 Å². The highest BCUT2D eigenvalue weighted by Crippen LogP contribution is 2.72. The van der Waals surface area contributed by atoms with E-state index >= 15 is 0 Å². The normalized spacial score (nSPS) is 47.8. The van der Waals surface area contributed by atoms with E-state index in [1.54, 1.807) is 13.0 Å². The van der Waals surface area contributed by atoms with Gasteiger partial charge in [-0.05, 0) is 68.4 Å². The third-order valence-corrected chi connectivity index (χ3v) is 8.97. The molecule has 0 heterocycles. The highest BCUT2D eigenvalue weighted by molar-refractivity contribution is 5.88. The number of esters is 1. The fraction of sp³-hybridized carbons (Fsp3) is 0.720. The molecule has 0 aromatic heterocycles. The molecule has 0 saturated heterocycles. The van der Waals surface area contributed by atoms with Crippen LogP contribution in [0.4, 0.5) is 0 Å². The average molecular weight is 401 g/mol. The van der Waals surface area contributed by atoms with Gasteiger partial charge in [0.1, 0.15) is 6.10 Å². The molecule has 29 heavy (non-hydrogen) atoms. The molecule has 0 amide bonds. The second-order valence-corrected chi connectivity index (χ2v) is 10.7. The quantitative estimate of drug-likeness (QED) is 0.417. The molecule has 4 aliphatic carbocycles. The number of rotatable bonds is 2. The fourth-order valence-corrected chi connectivity index (χ4v) is 7.09. The summed E-state index contributed by atoms with van der Waals surface area (Å²) in [6.45, 7) is 14.3. The molecule has 1 spiro atoms. The van der Waals surface area contributed by atoms with Gasteiger partial charge in [-0.15, -0.1) is 0 Å². The van der Waals surface area contributed by atoms with E-state index in [0.717, 1.165) is 17.6 Å². The van der Waals surface area contributed by atoms with Crippen molar-refractivity contribution in [1.29, 1.82) is 0 Å². The van der Waals surface area contributed by atoms with Gasteiger partial charge in [-0.1, -0.05) is 39.0 Å². The van der Waals surface area contributed by atoms with Crippen molar-refractivity contribution in [3.05, 3.63) is 34.9 Å². The van der Waals surface area contributed by atoms with E-state index < -0.39 is 23.7 Å². The highest BCUT2D eigenvalue weighted by Gasteiger charge is 2.70. The predicted octanol–water partition coefficient (Wildman–Crippen LogP) is 4.04. The topological polar surface area (TPSA) is 66.8 Å². The van der Waals surface area contributed by atoms with Gasteiger partial charge in [0.05, 0.1) is 12.2 Å². The summed E-state index contributed by atoms with van der Waals surface area (Å²) in [5.41, 5.74) is 2.03. The molecule has 0 aliphatic heterocycles. The predicted molar refractivity (Wildman–Crippen MR) is 113 cm³/mol. The first kappa shape index (κ1) is 20.9. The van der Waals surface area contributed by atoms with Crippen LogP contribution in [-0.4, -0.2) is 34.5 Å². The van der Waals surface area contributed by atoms with E-state index in [9.17, 15) is 15.0 Å². The molecule has 2 fully saturated rings. The maximum Gasteiger partial charge on any atom is 0.333 e. The summed E-state index contributed by atoms with van der Waals surface area (Å²) in [6, 6.07) is 0. The number of allylic oxidation sites excluding steroid dienone is 1. The Balaban J connectivity index is 1.81. The lowest BCUT2D eigenvalue weighted by molar-refractivity contribution is -0.153. The van der Waals surface area contributed by atoms with Crippen molar-refractivity contribution >= 4 is 5.97 Å². The number of aliphatic hydroxyl groups excluding tert-OH is 2. The van der Waals surface area contributed by atoms with Crippen LogP contribution in [-0.2, 0) is 9.53 Å². The number of aliphatic hydroxyl groups is 2. The smallest absolute Gasteiger partial charge is 0.333 e. The van der Waals surface area contributed by atoms with Gasteiger partial charge in [-0.2, -0.15) is 0 Å². The lowest BCUT2D eigenvalue weighted by Crippen LogP contribution is -2.52. The summed E-state index contributed by atoms with van der Waals surface area (Å²) < 4.78 is 5.95. The van der Waals surface area contributed by atoms with Crippen LogP contribution in [0.15, 0.2) is 34.9 Å². The van der Waals surface area contributed by atoms with Crippen LogP contribution in [0.1, 0.15) is 54.9 Å². The molecule has 4 rings (SSSR count). The molecule has 4 heteroatoms. The van der Waals surface area contributed by atoms with Crippen LogP contribution in [0.25, 0.3) is 0 Å². The van der Waals surface area contributed by atoms with Crippen molar-refractivity contribution < 1.29 is 19.7 Å². The highest BCUT2D eigenvalue weighted by atomic mass is 16.5. The molecule has 0 radical (unpaired) electrons. The zero-order valence-electron chi connectivity index (χ0n) is 18.8. The van der Waals surface area contributed by atoms with Gasteiger partial charge in [0.15, 0.2) is 0 Å². The summed E-state index contributed by atoms with van der Waals surface area (Å²) in [4.78, 5) is 12.6. The van der Waals surface area contributed by atoms with Crippen molar-refractivity contribution in [3.63, 3.8) is 0 Å². The Morgan fingerprint density at radius 1 is 1.21 bits per heavy atom. The maximum absolute atomic E-state index is 12.6. The Kier molecular flexibility index (Phi) is 4.71. The van der Waals surface area contributed by atoms with Gasteiger partial charge in [0.2, 0.25) is 0 Å². The molecule has 0 aromatic carbocycles. The maximum atomic E-state index is 12.6.